The molecule has 1 aromatic rings. The van der Waals surface area contributed by atoms with E-state index in [4.69, 9.17) is 4.74 Å². The first-order valence-corrected chi connectivity index (χ1v) is 7.10. The summed E-state index contributed by atoms with van der Waals surface area (Å²) in [7, 11) is 1.57. The van der Waals surface area contributed by atoms with Gasteiger partial charge in [-0.3, -0.25) is 4.79 Å². The first-order chi connectivity index (χ1) is 9.54. The molecule has 20 heavy (non-hydrogen) atoms. The summed E-state index contributed by atoms with van der Waals surface area (Å²) in [6.45, 7) is 1.95. The normalized spacial score (nSPS) is 24.1. The Morgan fingerprint density at radius 2 is 2.05 bits per heavy atom. The number of carbonyl (C=O) groups is 1. The molecule has 0 amide bonds. The molecule has 1 saturated carbocycles. The first-order valence-electron chi connectivity index (χ1n) is 7.10. The first kappa shape index (κ1) is 14.9. The molecule has 1 aliphatic carbocycles. The summed E-state index contributed by atoms with van der Waals surface area (Å²) in [6.07, 6.45) is 2.50. The Balaban J connectivity index is 2.31. The van der Waals surface area contributed by atoms with Crippen molar-refractivity contribution in [1.82, 2.24) is 0 Å². The third-order valence-corrected chi connectivity index (χ3v) is 4.25. The quantitative estimate of drug-likeness (QED) is 0.888. The Kier molecular flexibility index (Phi) is 4.65. The molecule has 0 saturated heterocycles. The van der Waals surface area contributed by atoms with Crippen LogP contribution in [-0.2, 0) is 4.79 Å². The number of methoxy groups -OCH3 is 1. The fourth-order valence-electron chi connectivity index (χ4n) is 3.16. The Morgan fingerprint density at radius 3 is 2.70 bits per heavy atom. The lowest BCUT2D eigenvalue weighted by atomic mass is 9.74. The monoisotopic (exact) mass is 278 g/mol. The number of aliphatic hydroxyl groups excluding tert-OH is 1. The van der Waals surface area contributed by atoms with Gasteiger partial charge in [-0.25, -0.2) is 0 Å². The summed E-state index contributed by atoms with van der Waals surface area (Å²) in [6, 6.07) is 5.63. The summed E-state index contributed by atoms with van der Waals surface area (Å²) >= 11 is 0. The molecule has 0 aliphatic heterocycles. The van der Waals surface area contributed by atoms with Crippen molar-refractivity contribution in [2.75, 3.05) is 7.11 Å². The molecule has 3 atom stereocenters. The van der Waals surface area contributed by atoms with Gasteiger partial charge in [-0.2, -0.15) is 0 Å². The van der Waals surface area contributed by atoms with Crippen molar-refractivity contribution >= 4 is 5.97 Å². The average molecular weight is 278 g/mol. The maximum absolute atomic E-state index is 11.4. The van der Waals surface area contributed by atoms with E-state index in [9.17, 15) is 15.0 Å². The minimum atomic E-state index is -0.805. The van der Waals surface area contributed by atoms with E-state index in [1.54, 1.807) is 7.11 Å². The van der Waals surface area contributed by atoms with Crippen LogP contribution in [0, 0.1) is 18.8 Å². The van der Waals surface area contributed by atoms with Crippen LogP contribution in [0.15, 0.2) is 18.2 Å². The zero-order valence-electron chi connectivity index (χ0n) is 12.0. The molecule has 1 fully saturated rings. The number of benzene rings is 1. The molecule has 110 valence electrons. The summed E-state index contributed by atoms with van der Waals surface area (Å²) in [4.78, 5) is 11.4. The lowest BCUT2D eigenvalue weighted by Crippen LogP contribution is -2.31. The highest BCUT2D eigenvalue weighted by atomic mass is 16.5. The van der Waals surface area contributed by atoms with Crippen molar-refractivity contribution in [1.29, 1.82) is 0 Å². The number of aliphatic carboxylic acids is 1. The minimum absolute atomic E-state index is 0.239. The van der Waals surface area contributed by atoms with E-state index in [1.807, 2.05) is 25.1 Å². The highest BCUT2D eigenvalue weighted by Crippen LogP contribution is 2.41. The van der Waals surface area contributed by atoms with E-state index in [2.05, 4.69) is 0 Å². The Bertz CT molecular complexity index is 483. The predicted molar refractivity (Wildman–Crippen MR) is 75.8 cm³/mol. The van der Waals surface area contributed by atoms with Gasteiger partial charge in [0.25, 0.3) is 0 Å². The van der Waals surface area contributed by atoms with Crippen LogP contribution in [0.5, 0.6) is 5.75 Å². The second kappa shape index (κ2) is 6.27. The number of ether oxygens (including phenoxy) is 1. The summed E-state index contributed by atoms with van der Waals surface area (Å²) in [5.74, 6) is -0.890. The molecule has 4 heteroatoms. The largest absolute Gasteiger partial charge is 0.496 e. The van der Waals surface area contributed by atoms with Crippen LogP contribution in [0.4, 0.5) is 0 Å². The van der Waals surface area contributed by atoms with E-state index in [0.29, 0.717) is 17.7 Å². The Labute approximate surface area is 119 Å². The molecule has 0 heterocycles. The van der Waals surface area contributed by atoms with E-state index >= 15 is 0 Å². The van der Waals surface area contributed by atoms with Gasteiger partial charge in [-0.1, -0.05) is 24.5 Å². The SMILES string of the molecule is COc1ccc(C)cc1C(O)C1CCCCC1C(=O)O. The zero-order valence-corrected chi connectivity index (χ0v) is 12.0. The van der Waals surface area contributed by atoms with Crippen molar-refractivity contribution in [3.63, 3.8) is 0 Å². The molecule has 1 aliphatic rings. The number of carboxylic acid groups (broad SMARTS) is 1. The molecule has 0 spiro atoms. The van der Waals surface area contributed by atoms with E-state index in [-0.39, 0.29) is 5.92 Å². The second-order valence-corrected chi connectivity index (χ2v) is 5.58. The number of carboxylic acids is 1. The smallest absolute Gasteiger partial charge is 0.306 e. The number of aryl methyl sites for hydroxylation is 1. The van der Waals surface area contributed by atoms with E-state index < -0.39 is 18.0 Å². The lowest BCUT2D eigenvalue weighted by Gasteiger charge is -2.33. The molecule has 0 bridgehead atoms. The molecule has 0 radical (unpaired) electrons. The highest BCUT2D eigenvalue weighted by Gasteiger charge is 2.37. The van der Waals surface area contributed by atoms with Gasteiger partial charge < -0.3 is 14.9 Å². The topological polar surface area (TPSA) is 66.8 Å². The van der Waals surface area contributed by atoms with Crippen LogP contribution in [0.2, 0.25) is 0 Å². The van der Waals surface area contributed by atoms with Gasteiger partial charge >= 0.3 is 5.97 Å². The average Bonchev–Trinajstić information content (AvgIpc) is 2.46. The van der Waals surface area contributed by atoms with Crippen LogP contribution in [0.3, 0.4) is 0 Å². The standard InChI is InChI=1S/C16H22O4/c1-10-7-8-14(20-2)13(9-10)15(17)11-5-3-4-6-12(11)16(18)19/h7-9,11-12,15,17H,3-6H2,1-2H3,(H,18,19). The van der Waals surface area contributed by atoms with Gasteiger partial charge in [0.2, 0.25) is 0 Å². The number of hydrogen-bond donors (Lipinski definition) is 2. The highest BCUT2D eigenvalue weighted by molar-refractivity contribution is 5.70. The molecule has 2 N–H and O–H groups in total. The van der Waals surface area contributed by atoms with Crippen LogP contribution >= 0.6 is 0 Å². The molecule has 2 rings (SSSR count). The number of aliphatic hydroxyl groups is 1. The van der Waals surface area contributed by atoms with Crippen molar-refractivity contribution < 1.29 is 19.7 Å². The second-order valence-electron chi connectivity index (χ2n) is 5.58. The lowest BCUT2D eigenvalue weighted by molar-refractivity contribution is -0.147. The van der Waals surface area contributed by atoms with Gasteiger partial charge in [-0.15, -0.1) is 0 Å². The van der Waals surface area contributed by atoms with Gasteiger partial charge in [-0.05, 0) is 31.9 Å². The number of rotatable bonds is 4. The van der Waals surface area contributed by atoms with Crippen molar-refractivity contribution in [3.05, 3.63) is 29.3 Å². The Hall–Kier alpha value is -1.55. The fraction of sp³-hybridized carbons (Fsp3) is 0.562. The predicted octanol–water partition coefficient (Wildman–Crippen LogP) is 2.93. The van der Waals surface area contributed by atoms with Gasteiger partial charge in [0.15, 0.2) is 0 Å². The van der Waals surface area contributed by atoms with Crippen LogP contribution in [0.1, 0.15) is 42.9 Å². The Morgan fingerprint density at radius 1 is 1.35 bits per heavy atom. The van der Waals surface area contributed by atoms with Crippen LogP contribution in [-0.4, -0.2) is 23.3 Å². The minimum Gasteiger partial charge on any atom is -0.496 e. The van der Waals surface area contributed by atoms with Crippen molar-refractivity contribution in [3.8, 4) is 5.75 Å². The maximum atomic E-state index is 11.4. The zero-order chi connectivity index (χ0) is 14.7. The number of hydrogen-bond acceptors (Lipinski definition) is 3. The third-order valence-electron chi connectivity index (χ3n) is 4.25. The van der Waals surface area contributed by atoms with Crippen molar-refractivity contribution in [2.45, 2.75) is 38.7 Å². The van der Waals surface area contributed by atoms with Crippen molar-refractivity contribution in [2.24, 2.45) is 11.8 Å². The van der Waals surface area contributed by atoms with E-state index in [0.717, 1.165) is 24.8 Å². The molecule has 1 aromatic carbocycles. The summed E-state index contributed by atoms with van der Waals surface area (Å²) in [5.41, 5.74) is 1.73. The van der Waals surface area contributed by atoms with Gasteiger partial charge in [0.05, 0.1) is 19.1 Å². The fourth-order valence-corrected chi connectivity index (χ4v) is 3.16. The summed E-state index contributed by atoms with van der Waals surface area (Å²) < 4.78 is 5.30. The van der Waals surface area contributed by atoms with Crippen LogP contribution < -0.4 is 4.74 Å². The van der Waals surface area contributed by atoms with E-state index in [1.165, 1.54) is 0 Å². The van der Waals surface area contributed by atoms with Gasteiger partial charge in [0, 0.05) is 11.5 Å². The maximum Gasteiger partial charge on any atom is 0.306 e. The molecule has 4 nitrogen and oxygen atoms in total. The summed E-state index contributed by atoms with van der Waals surface area (Å²) in [5, 5.41) is 20.0. The molecular weight excluding hydrogens is 256 g/mol. The molecular formula is C16H22O4. The third kappa shape index (κ3) is 2.96. The molecule has 0 aromatic heterocycles. The molecule has 3 unspecified atom stereocenters. The van der Waals surface area contributed by atoms with Gasteiger partial charge in [0.1, 0.15) is 5.75 Å². The van der Waals surface area contributed by atoms with Crippen LogP contribution in [0.25, 0.3) is 0 Å².